The number of hydrogen-bond acceptors (Lipinski definition) is 5. The third kappa shape index (κ3) is 3.49. The van der Waals surface area contributed by atoms with Crippen LogP contribution in [0, 0.1) is 0 Å². The van der Waals surface area contributed by atoms with Crippen LogP contribution in [0.1, 0.15) is 27.8 Å². The summed E-state index contributed by atoms with van der Waals surface area (Å²) in [4.78, 5) is 19.3. The molecule has 5 rings (SSSR count). The summed E-state index contributed by atoms with van der Waals surface area (Å²) in [5.74, 6) is 0.790. The maximum Gasteiger partial charge on any atom is 0.310 e. The fourth-order valence-electron chi connectivity index (χ4n) is 4.33. The summed E-state index contributed by atoms with van der Waals surface area (Å²) in [5, 5.41) is 4.27. The first-order chi connectivity index (χ1) is 14.6. The van der Waals surface area contributed by atoms with Crippen LogP contribution in [0.5, 0.6) is 0 Å². The van der Waals surface area contributed by atoms with E-state index in [2.05, 4.69) is 34.3 Å². The lowest BCUT2D eigenvalue weighted by Gasteiger charge is -2.19. The minimum Gasteiger partial charge on any atom is -0.461 e. The average Bonchev–Trinajstić information content (AvgIpc) is 3.30. The summed E-state index contributed by atoms with van der Waals surface area (Å²) in [6, 6.07) is 14.6. The normalized spacial score (nSPS) is 17.6. The number of cyclic esters (lactones) is 1. The molecule has 0 radical (unpaired) electrons. The molecule has 0 saturated carbocycles. The number of carbonyl (C=O) groups is 1. The second-order valence-electron chi connectivity index (χ2n) is 8.03. The maximum absolute atomic E-state index is 12.4. The average molecular weight is 400 g/mol. The molecule has 6 heteroatoms. The fraction of sp³-hybridized carbons (Fsp3) is 0.292. The molecule has 0 bridgehead atoms. The monoisotopic (exact) mass is 400 g/mol. The van der Waals surface area contributed by atoms with Gasteiger partial charge in [-0.05, 0) is 28.3 Å². The van der Waals surface area contributed by atoms with Crippen molar-refractivity contribution in [3.63, 3.8) is 0 Å². The van der Waals surface area contributed by atoms with Crippen LogP contribution in [-0.2, 0) is 42.4 Å². The number of benzene rings is 2. The molecule has 2 aliphatic heterocycles. The summed E-state index contributed by atoms with van der Waals surface area (Å²) in [5.41, 5.74) is 6.71. The van der Waals surface area contributed by atoms with Gasteiger partial charge in [0.2, 0.25) is 0 Å². The van der Waals surface area contributed by atoms with Crippen molar-refractivity contribution in [2.45, 2.75) is 31.9 Å². The van der Waals surface area contributed by atoms with Crippen LogP contribution in [0.4, 0.5) is 5.69 Å². The Kier molecular flexibility index (Phi) is 4.62. The molecule has 152 valence electrons. The number of aryl methyl sites for hydroxylation is 1. The van der Waals surface area contributed by atoms with Gasteiger partial charge in [0.15, 0.2) is 0 Å². The van der Waals surface area contributed by atoms with E-state index in [1.165, 1.54) is 11.1 Å². The highest BCUT2D eigenvalue weighted by molar-refractivity contribution is 6.12. The second kappa shape index (κ2) is 7.44. The lowest BCUT2D eigenvalue weighted by atomic mass is 9.93. The molecular weight excluding hydrogens is 376 g/mol. The first-order valence-corrected chi connectivity index (χ1v) is 10.2. The van der Waals surface area contributed by atoms with E-state index in [4.69, 9.17) is 9.73 Å². The predicted molar refractivity (Wildman–Crippen MR) is 116 cm³/mol. The molecule has 0 aliphatic carbocycles. The van der Waals surface area contributed by atoms with Crippen molar-refractivity contribution in [1.82, 2.24) is 9.78 Å². The summed E-state index contributed by atoms with van der Waals surface area (Å²) in [6.07, 6.45) is 5.42. The zero-order valence-corrected chi connectivity index (χ0v) is 17.2. The highest BCUT2D eigenvalue weighted by Gasteiger charge is 2.28. The summed E-state index contributed by atoms with van der Waals surface area (Å²) in [7, 11) is 3.92. The lowest BCUT2D eigenvalue weighted by molar-refractivity contribution is -0.147. The number of aliphatic imine (C=N–C) groups is 1. The van der Waals surface area contributed by atoms with Crippen molar-refractivity contribution in [3.05, 3.63) is 82.7 Å². The highest BCUT2D eigenvalue weighted by Crippen LogP contribution is 2.30. The van der Waals surface area contributed by atoms with Crippen LogP contribution in [0.2, 0.25) is 0 Å². The molecule has 0 amide bonds. The number of amidine groups is 1. The molecule has 0 N–H and O–H groups in total. The molecule has 1 atom stereocenters. The van der Waals surface area contributed by atoms with Gasteiger partial charge in [-0.2, -0.15) is 5.10 Å². The van der Waals surface area contributed by atoms with Crippen LogP contribution in [0.25, 0.3) is 0 Å². The van der Waals surface area contributed by atoms with E-state index in [-0.39, 0.29) is 12.1 Å². The smallest absolute Gasteiger partial charge is 0.310 e. The third-order valence-corrected chi connectivity index (χ3v) is 5.85. The molecule has 1 unspecified atom stereocenters. The number of esters is 1. The van der Waals surface area contributed by atoms with Gasteiger partial charge >= 0.3 is 5.97 Å². The molecule has 0 fully saturated rings. The van der Waals surface area contributed by atoms with E-state index in [1.807, 2.05) is 44.7 Å². The summed E-state index contributed by atoms with van der Waals surface area (Å²) < 4.78 is 7.57. The number of anilines is 1. The van der Waals surface area contributed by atoms with Gasteiger partial charge < -0.3 is 9.64 Å². The molecule has 3 heterocycles. The number of ether oxygens (including phenoxy) is 1. The third-order valence-electron chi connectivity index (χ3n) is 5.85. The number of aromatic nitrogens is 2. The molecule has 0 saturated heterocycles. The maximum atomic E-state index is 12.4. The van der Waals surface area contributed by atoms with Gasteiger partial charge in [-0.3, -0.25) is 14.5 Å². The van der Waals surface area contributed by atoms with Crippen LogP contribution in [-0.4, -0.2) is 34.7 Å². The van der Waals surface area contributed by atoms with Crippen molar-refractivity contribution in [1.29, 1.82) is 0 Å². The Morgan fingerprint density at radius 2 is 2.00 bits per heavy atom. The number of fused-ring (bicyclic) bond motifs is 2. The number of hydrogen-bond donors (Lipinski definition) is 0. The highest BCUT2D eigenvalue weighted by atomic mass is 16.5. The Morgan fingerprint density at radius 3 is 2.77 bits per heavy atom. The van der Waals surface area contributed by atoms with Crippen molar-refractivity contribution >= 4 is 17.5 Å². The quantitative estimate of drug-likeness (QED) is 0.634. The Labute approximate surface area is 175 Å². The molecule has 0 spiro atoms. The predicted octanol–water partition coefficient (Wildman–Crippen LogP) is 3.07. The van der Waals surface area contributed by atoms with Gasteiger partial charge in [-0.25, -0.2) is 0 Å². The van der Waals surface area contributed by atoms with Crippen LogP contribution in [0.15, 0.2) is 59.9 Å². The summed E-state index contributed by atoms with van der Waals surface area (Å²) in [6.45, 7) is 0.630. The van der Waals surface area contributed by atoms with Crippen LogP contribution < -0.4 is 4.90 Å². The minimum atomic E-state index is -0.156. The van der Waals surface area contributed by atoms with Gasteiger partial charge in [-0.1, -0.05) is 36.4 Å². The summed E-state index contributed by atoms with van der Waals surface area (Å²) >= 11 is 0. The molecular formula is C24H24N4O2. The number of carbonyl (C=O) groups excluding carboxylic acids is 1. The molecule has 3 aromatic rings. The first-order valence-electron chi connectivity index (χ1n) is 10.2. The molecule has 2 aromatic carbocycles. The zero-order valence-electron chi connectivity index (χ0n) is 17.2. The van der Waals surface area contributed by atoms with Crippen LogP contribution >= 0.6 is 0 Å². The Balaban J connectivity index is 1.45. The molecule has 6 nitrogen and oxygen atoms in total. The van der Waals surface area contributed by atoms with Gasteiger partial charge in [0.1, 0.15) is 11.9 Å². The fourth-order valence-corrected chi connectivity index (χ4v) is 4.33. The Morgan fingerprint density at radius 1 is 1.17 bits per heavy atom. The van der Waals surface area contributed by atoms with E-state index < -0.39 is 0 Å². The van der Waals surface area contributed by atoms with E-state index in [0.717, 1.165) is 34.6 Å². The zero-order chi connectivity index (χ0) is 20.7. The van der Waals surface area contributed by atoms with E-state index in [1.54, 1.807) is 4.68 Å². The topological polar surface area (TPSA) is 59.7 Å². The van der Waals surface area contributed by atoms with Gasteiger partial charge in [0.05, 0.1) is 24.8 Å². The van der Waals surface area contributed by atoms with Crippen molar-refractivity contribution in [3.8, 4) is 0 Å². The van der Waals surface area contributed by atoms with Gasteiger partial charge in [0.25, 0.3) is 0 Å². The van der Waals surface area contributed by atoms with E-state index in [9.17, 15) is 4.79 Å². The SMILES string of the molecule is CN(C1=NCc2cc3c(cc21)CC(Cc1ccccc1)OC(=O)C3)c1cnn(C)c1. The van der Waals surface area contributed by atoms with E-state index >= 15 is 0 Å². The van der Waals surface area contributed by atoms with Crippen molar-refractivity contribution in [2.24, 2.45) is 12.0 Å². The van der Waals surface area contributed by atoms with Gasteiger partial charge in [-0.15, -0.1) is 0 Å². The Hall–Kier alpha value is -3.41. The minimum absolute atomic E-state index is 0.152. The molecule has 2 aliphatic rings. The standard InChI is InChI=1S/C24H24N4O2/c1-27-15-20(14-26-27)28(2)24-22-11-18-10-21(8-16-6-4-3-5-7-16)30-23(29)12-17(18)9-19(22)13-25-24/h3-7,9,11,14-15,21H,8,10,12-13H2,1-2H3. The molecule has 30 heavy (non-hydrogen) atoms. The van der Waals surface area contributed by atoms with Crippen LogP contribution in [0.3, 0.4) is 0 Å². The van der Waals surface area contributed by atoms with E-state index in [0.29, 0.717) is 19.4 Å². The molecule has 1 aromatic heterocycles. The van der Waals surface area contributed by atoms with Gasteiger partial charge in [0, 0.05) is 38.7 Å². The van der Waals surface area contributed by atoms with Crippen molar-refractivity contribution < 1.29 is 9.53 Å². The number of rotatable bonds is 3. The number of nitrogens with zero attached hydrogens (tertiary/aromatic N) is 4. The first kappa shape index (κ1) is 18.6. The largest absolute Gasteiger partial charge is 0.461 e. The van der Waals surface area contributed by atoms with Crippen molar-refractivity contribution in [2.75, 3.05) is 11.9 Å². The lowest BCUT2D eigenvalue weighted by Crippen LogP contribution is -2.26. The second-order valence-corrected chi connectivity index (χ2v) is 8.03. The Bertz CT molecular complexity index is 1130.